The smallest absolute Gasteiger partial charge is 0.258 e. The molecule has 2 aliphatic rings. The molecule has 0 unspecified atom stereocenters. The second-order valence-corrected chi connectivity index (χ2v) is 11.1. The Kier molecular flexibility index (Phi) is 8.28. The lowest BCUT2D eigenvalue weighted by atomic mass is 9.91. The van der Waals surface area contributed by atoms with Gasteiger partial charge in [-0.05, 0) is 61.9 Å². The van der Waals surface area contributed by atoms with Gasteiger partial charge in [0, 0.05) is 19.6 Å². The number of aliphatic hydroxyl groups is 1. The summed E-state index contributed by atoms with van der Waals surface area (Å²) in [6, 6.07) is 10.2. The number of hydrogen-bond acceptors (Lipinski definition) is 8. The molecule has 1 fully saturated rings. The normalized spacial score (nSPS) is 18.8. The minimum atomic E-state index is -3.71. The molecule has 1 amide bonds. The molecule has 0 radical (unpaired) electrons. The molecule has 1 saturated heterocycles. The molecule has 4 bridgehead atoms. The Balaban J connectivity index is 1.71. The molecule has 2 aromatic rings. The van der Waals surface area contributed by atoms with Crippen LogP contribution in [-0.2, 0) is 10.0 Å². The highest BCUT2D eigenvalue weighted by atomic mass is 32.2. The number of carbonyl (C=O) groups is 1. The highest BCUT2D eigenvalue weighted by Crippen LogP contribution is 2.32. The van der Waals surface area contributed by atoms with E-state index in [0.29, 0.717) is 46.6 Å². The number of benzene rings is 1. The van der Waals surface area contributed by atoms with E-state index < -0.39 is 22.4 Å². The molecule has 1 aromatic heterocycles. The zero-order chi connectivity index (χ0) is 25.5. The quantitative estimate of drug-likeness (QED) is 0.488. The molecule has 4 rings (SSSR count). The molecule has 0 spiro atoms. The van der Waals surface area contributed by atoms with Gasteiger partial charge in [0.1, 0.15) is 17.7 Å². The molecular formula is C25H32N6O4S. The van der Waals surface area contributed by atoms with E-state index in [2.05, 4.69) is 31.3 Å². The maximum atomic E-state index is 13.4. The zero-order valence-corrected chi connectivity index (χ0v) is 21.0. The number of sulfonamides is 1. The molecule has 10 nitrogen and oxygen atoms in total. The van der Waals surface area contributed by atoms with E-state index in [1.165, 1.54) is 0 Å². The van der Waals surface area contributed by atoms with Crippen LogP contribution in [0, 0.1) is 17.2 Å². The number of nitrogens with zero attached hydrogens (tertiary/aromatic N) is 3. The van der Waals surface area contributed by atoms with E-state index in [1.807, 2.05) is 0 Å². The Morgan fingerprint density at radius 2 is 2.00 bits per heavy atom. The predicted octanol–water partition coefficient (Wildman–Crippen LogP) is 3.14. The van der Waals surface area contributed by atoms with Crippen LogP contribution in [0.2, 0.25) is 0 Å². The SMILES string of the molecule is N#Cc1ccc2nc1NCCCCC[C@@H]1CCCN(C1)c1cc(NS(=O)(=O)CCO)ccc1C(=O)N2. The van der Waals surface area contributed by atoms with Gasteiger partial charge in [-0.2, -0.15) is 5.26 Å². The zero-order valence-electron chi connectivity index (χ0n) is 20.2. The molecule has 2 aliphatic heterocycles. The number of hydrogen-bond donors (Lipinski definition) is 4. The van der Waals surface area contributed by atoms with Crippen molar-refractivity contribution in [3.05, 3.63) is 41.5 Å². The lowest BCUT2D eigenvalue weighted by Crippen LogP contribution is -2.36. The number of rotatable bonds is 4. The minimum absolute atomic E-state index is 0.323. The molecular weight excluding hydrogens is 480 g/mol. The summed E-state index contributed by atoms with van der Waals surface area (Å²) in [5.41, 5.74) is 1.82. The fourth-order valence-corrected chi connectivity index (χ4v) is 5.63. The average Bonchev–Trinajstić information content (AvgIpc) is 2.85. The number of fused-ring (bicyclic) bond motifs is 6. The molecule has 0 aliphatic carbocycles. The Morgan fingerprint density at radius 1 is 1.17 bits per heavy atom. The Bertz CT molecular complexity index is 1240. The number of piperidine rings is 1. The second-order valence-electron chi connectivity index (χ2n) is 9.27. The lowest BCUT2D eigenvalue weighted by Gasteiger charge is -2.36. The van der Waals surface area contributed by atoms with Crippen LogP contribution in [0.1, 0.15) is 54.4 Å². The van der Waals surface area contributed by atoms with E-state index in [9.17, 15) is 18.5 Å². The molecule has 3 heterocycles. The van der Waals surface area contributed by atoms with Gasteiger partial charge < -0.3 is 20.6 Å². The fraction of sp³-hybridized carbons (Fsp3) is 0.480. The molecule has 192 valence electrons. The standard InChI is InChI=1S/C25H32N6O4S/c26-16-19-7-10-23-28-24(19)27-11-3-1-2-5-18-6-4-12-31(17-18)22-15-20(30-36(34,35)14-13-32)8-9-21(22)25(33)29-23/h7-10,15,18,30,32H,1-6,11-14,17H2,(H2,27,28,29,33)/t18-/m1/s1. The van der Waals surface area contributed by atoms with Crippen LogP contribution in [-0.4, -0.2) is 56.4 Å². The number of aliphatic hydroxyl groups excluding tert-OH is 1. The maximum Gasteiger partial charge on any atom is 0.258 e. The number of amides is 1. The molecule has 4 N–H and O–H groups in total. The predicted molar refractivity (Wildman–Crippen MR) is 140 cm³/mol. The van der Waals surface area contributed by atoms with Crippen molar-refractivity contribution < 1.29 is 18.3 Å². The van der Waals surface area contributed by atoms with Crippen molar-refractivity contribution in [3.63, 3.8) is 0 Å². The van der Waals surface area contributed by atoms with Crippen LogP contribution in [0.25, 0.3) is 0 Å². The van der Waals surface area contributed by atoms with Crippen LogP contribution in [0.5, 0.6) is 0 Å². The monoisotopic (exact) mass is 512 g/mol. The van der Waals surface area contributed by atoms with Gasteiger partial charge in [-0.1, -0.05) is 12.8 Å². The van der Waals surface area contributed by atoms with Gasteiger partial charge in [0.15, 0.2) is 0 Å². The topological polar surface area (TPSA) is 147 Å². The molecule has 11 heteroatoms. The molecule has 1 aromatic carbocycles. The summed E-state index contributed by atoms with van der Waals surface area (Å²) < 4.78 is 27.0. The highest BCUT2D eigenvalue weighted by molar-refractivity contribution is 7.92. The third kappa shape index (κ3) is 6.44. The number of nitrogens with one attached hydrogen (secondary N) is 3. The number of pyridine rings is 1. The summed E-state index contributed by atoms with van der Waals surface area (Å²) >= 11 is 0. The number of aromatic nitrogens is 1. The third-order valence-corrected chi connectivity index (χ3v) is 7.84. The first-order valence-electron chi connectivity index (χ1n) is 12.4. The van der Waals surface area contributed by atoms with E-state index >= 15 is 0 Å². The first kappa shape index (κ1) is 25.7. The number of nitriles is 1. The fourth-order valence-electron chi connectivity index (χ4n) is 4.80. The van der Waals surface area contributed by atoms with E-state index in [1.54, 1.807) is 30.3 Å². The summed E-state index contributed by atoms with van der Waals surface area (Å²) in [7, 11) is -3.71. The first-order chi connectivity index (χ1) is 17.4. The van der Waals surface area contributed by atoms with Crippen LogP contribution in [0.4, 0.5) is 23.0 Å². The van der Waals surface area contributed by atoms with Crippen molar-refractivity contribution in [2.24, 2.45) is 5.92 Å². The Hall–Kier alpha value is -3.36. The Labute approximate surface area is 211 Å². The second kappa shape index (κ2) is 11.6. The minimum Gasteiger partial charge on any atom is -0.395 e. The summed E-state index contributed by atoms with van der Waals surface area (Å²) in [4.78, 5) is 20.0. The summed E-state index contributed by atoms with van der Waals surface area (Å²) in [6.07, 6.45) is 6.31. The van der Waals surface area contributed by atoms with E-state index in [0.717, 1.165) is 51.6 Å². The summed E-state index contributed by atoms with van der Waals surface area (Å²) in [5.74, 6) is 0.481. The van der Waals surface area contributed by atoms with Crippen molar-refractivity contribution in [1.82, 2.24) is 4.98 Å². The van der Waals surface area contributed by atoms with Crippen molar-refractivity contribution in [2.75, 3.05) is 52.2 Å². The van der Waals surface area contributed by atoms with Gasteiger partial charge in [0.2, 0.25) is 10.0 Å². The maximum absolute atomic E-state index is 13.4. The van der Waals surface area contributed by atoms with E-state index in [-0.39, 0.29) is 5.91 Å². The van der Waals surface area contributed by atoms with Crippen molar-refractivity contribution in [3.8, 4) is 6.07 Å². The average molecular weight is 513 g/mol. The lowest BCUT2D eigenvalue weighted by molar-refractivity contribution is 0.102. The molecule has 1 atom stereocenters. The first-order valence-corrected chi connectivity index (χ1v) is 14.0. The van der Waals surface area contributed by atoms with E-state index in [4.69, 9.17) is 5.11 Å². The highest BCUT2D eigenvalue weighted by Gasteiger charge is 2.25. The van der Waals surface area contributed by atoms with Crippen LogP contribution in [0.15, 0.2) is 30.3 Å². The van der Waals surface area contributed by atoms with Gasteiger partial charge in [0.05, 0.1) is 34.9 Å². The van der Waals surface area contributed by atoms with Crippen LogP contribution < -0.4 is 20.3 Å². The molecule has 36 heavy (non-hydrogen) atoms. The summed E-state index contributed by atoms with van der Waals surface area (Å²) in [5, 5.41) is 24.6. The van der Waals surface area contributed by atoms with Crippen molar-refractivity contribution in [2.45, 2.75) is 38.5 Å². The largest absolute Gasteiger partial charge is 0.395 e. The number of carbonyl (C=O) groups excluding carboxylic acids is 1. The van der Waals surface area contributed by atoms with Crippen LogP contribution in [0.3, 0.4) is 0 Å². The summed E-state index contributed by atoms with van der Waals surface area (Å²) in [6.45, 7) is 1.79. The Morgan fingerprint density at radius 3 is 2.81 bits per heavy atom. The van der Waals surface area contributed by atoms with Gasteiger partial charge in [-0.25, -0.2) is 13.4 Å². The number of anilines is 4. The molecule has 0 saturated carbocycles. The van der Waals surface area contributed by atoms with Crippen molar-refractivity contribution >= 4 is 38.9 Å². The van der Waals surface area contributed by atoms with Gasteiger partial charge in [0.25, 0.3) is 5.91 Å². The van der Waals surface area contributed by atoms with Gasteiger partial charge in [-0.3, -0.25) is 9.52 Å². The van der Waals surface area contributed by atoms with Gasteiger partial charge >= 0.3 is 0 Å². The van der Waals surface area contributed by atoms with Crippen molar-refractivity contribution in [1.29, 1.82) is 5.26 Å². The van der Waals surface area contributed by atoms with Gasteiger partial charge in [-0.15, -0.1) is 0 Å². The van der Waals surface area contributed by atoms with Crippen LogP contribution >= 0.6 is 0 Å². The third-order valence-electron chi connectivity index (χ3n) is 6.57.